The maximum atomic E-state index is 12.0. The molecule has 3 aromatic rings. The summed E-state index contributed by atoms with van der Waals surface area (Å²) in [6.07, 6.45) is 9.02. The van der Waals surface area contributed by atoms with Gasteiger partial charge in [0.25, 0.3) is 5.91 Å². The number of aromatic nitrogens is 5. The number of aryl methyl sites for hydroxylation is 1. The number of carbonyl (C=O) groups excluding carboxylic acids is 1. The van der Waals surface area contributed by atoms with Crippen molar-refractivity contribution < 1.29 is 4.79 Å². The first-order valence-corrected chi connectivity index (χ1v) is 6.64. The third kappa shape index (κ3) is 2.71. The number of hydrogen-bond donors (Lipinski definition) is 1. The van der Waals surface area contributed by atoms with Crippen molar-refractivity contribution in [1.82, 2.24) is 29.9 Å². The molecule has 0 spiro atoms. The lowest BCUT2D eigenvalue weighted by Crippen LogP contribution is -2.23. The zero-order chi connectivity index (χ0) is 14.7. The van der Waals surface area contributed by atoms with Gasteiger partial charge in [-0.05, 0) is 6.07 Å². The highest BCUT2D eigenvalue weighted by Gasteiger charge is 2.09. The summed E-state index contributed by atoms with van der Waals surface area (Å²) in [6.45, 7) is 2.32. The third-order valence-corrected chi connectivity index (χ3v) is 3.08. The normalized spacial score (nSPS) is 10.7. The Hall–Kier alpha value is -2.83. The van der Waals surface area contributed by atoms with Gasteiger partial charge in [0, 0.05) is 43.3 Å². The third-order valence-electron chi connectivity index (χ3n) is 3.08. The molecule has 0 atom stereocenters. The number of carbonyl (C=O) groups is 1. The van der Waals surface area contributed by atoms with Crippen LogP contribution in [0.25, 0.3) is 5.65 Å². The Kier molecular flexibility index (Phi) is 3.55. The van der Waals surface area contributed by atoms with Gasteiger partial charge in [0.15, 0.2) is 5.65 Å². The van der Waals surface area contributed by atoms with Crippen molar-refractivity contribution in [2.75, 3.05) is 0 Å². The Bertz CT molecular complexity index is 764. The smallest absolute Gasteiger partial charge is 0.254 e. The average Bonchev–Trinajstić information content (AvgIpc) is 2.96. The minimum Gasteiger partial charge on any atom is -0.348 e. The van der Waals surface area contributed by atoms with Crippen molar-refractivity contribution in [2.45, 2.75) is 19.9 Å². The fraction of sp³-hybridized carbons (Fsp3) is 0.214. The molecule has 0 aliphatic carbocycles. The molecule has 0 radical (unpaired) electrons. The fourth-order valence-corrected chi connectivity index (χ4v) is 1.93. The zero-order valence-electron chi connectivity index (χ0n) is 11.5. The van der Waals surface area contributed by atoms with Crippen molar-refractivity contribution in [3.05, 3.63) is 54.0 Å². The molecule has 3 aromatic heterocycles. The van der Waals surface area contributed by atoms with E-state index in [4.69, 9.17) is 0 Å². The first kappa shape index (κ1) is 13.2. The van der Waals surface area contributed by atoms with Gasteiger partial charge in [-0.15, -0.1) is 0 Å². The predicted octanol–water partition coefficient (Wildman–Crippen LogP) is 1.01. The van der Waals surface area contributed by atoms with Crippen LogP contribution >= 0.6 is 0 Å². The standard InChI is InChI=1S/C14H14N6O/c1-2-12-16-7-11(8-17-12)14(21)18-6-10-9-19-20-5-3-4-15-13(10)20/h3-5,7-9H,2,6H2,1H3,(H,18,21). The van der Waals surface area contributed by atoms with E-state index in [-0.39, 0.29) is 5.91 Å². The largest absolute Gasteiger partial charge is 0.348 e. The van der Waals surface area contributed by atoms with Gasteiger partial charge >= 0.3 is 0 Å². The van der Waals surface area contributed by atoms with Gasteiger partial charge in [-0.2, -0.15) is 5.10 Å². The van der Waals surface area contributed by atoms with E-state index in [9.17, 15) is 4.79 Å². The summed E-state index contributed by atoms with van der Waals surface area (Å²) >= 11 is 0. The Morgan fingerprint density at radius 3 is 2.81 bits per heavy atom. The second kappa shape index (κ2) is 5.66. The molecule has 0 aliphatic heterocycles. The summed E-state index contributed by atoms with van der Waals surface area (Å²) in [5.41, 5.74) is 2.03. The fourth-order valence-electron chi connectivity index (χ4n) is 1.93. The lowest BCUT2D eigenvalue weighted by Gasteiger charge is -2.04. The molecule has 0 saturated heterocycles. The lowest BCUT2D eigenvalue weighted by atomic mass is 10.3. The second-order valence-corrected chi connectivity index (χ2v) is 4.48. The van der Waals surface area contributed by atoms with Crippen LogP contribution < -0.4 is 5.32 Å². The molecule has 21 heavy (non-hydrogen) atoms. The summed E-state index contributed by atoms with van der Waals surface area (Å²) in [5.74, 6) is 0.506. The van der Waals surface area contributed by atoms with Crippen LogP contribution in [0.2, 0.25) is 0 Å². The molecular formula is C14H14N6O. The van der Waals surface area contributed by atoms with Gasteiger partial charge in [-0.3, -0.25) is 4.79 Å². The van der Waals surface area contributed by atoms with E-state index in [1.807, 2.05) is 13.1 Å². The zero-order valence-corrected chi connectivity index (χ0v) is 11.5. The maximum Gasteiger partial charge on any atom is 0.254 e. The molecule has 0 fully saturated rings. The van der Waals surface area contributed by atoms with E-state index in [0.717, 1.165) is 23.5 Å². The second-order valence-electron chi connectivity index (χ2n) is 4.48. The maximum absolute atomic E-state index is 12.0. The highest BCUT2D eigenvalue weighted by atomic mass is 16.1. The average molecular weight is 282 g/mol. The number of nitrogens with one attached hydrogen (secondary N) is 1. The van der Waals surface area contributed by atoms with E-state index in [2.05, 4.69) is 25.4 Å². The summed E-state index contributed by atoms with van der Waals surface area (Å²) in [5, 5.41) is 6.99. The topological polar surface area (TPSA) is 85.1 Å². The molecule has 1 amide bonds. The van der Waals surface area contributed by atoms with Crippen molar-refractivity contribution in [3.8, 4) is 0 Å². The van der Waals surface area contributed by atoms with Crippen molar-refractivity contribution in [2.24, 2.45) is 0 Å². The van der Waals surface area contributed by atoms with E-state index < -0.39 is 0 Å². The summed E-state index contributed by atoms with van der Waals surface area (Å²) in [6, 6.07) is 1.80. The van der Waals surface area contributed by atoms with Crippen LogP contribution in [-0.4, -0.2) is 30.5 Å². The summed E-state index contributed by atoms with van der Waals surface area (Å²) in [7, 11) is 0. The van der Waals surface area contributed by atoms with Crippen LogP contribution in [0.15, 0.2) is 37.1 Å². The molecule has 3 heterocycles. The molecule has 106 valence electrons. The Balaban J connectivity index is 1.70. The summed E-state index contributed by atoms with van der Waals surface area (Å²) in [4.78, 5) is 24.5. The van der Waals surface area contributed by atoms with E-state index in [0.29, 0.717) is 12.1 Å². The molecule has 0 aromatic carbocycles. The van der Waals surface area contributed by atoms with Crippen molar-refractivity contribution in [1.29, 1.82) is 0 Å². The number of nitrogens with zero attached hydrogens (tertiary/aromatic N) is 5. The van der Waals surface area contributed by atoms with Gasteiger partial charge in [-0.25, -0.2) is 19.5 Å². The van der Waals surface area contributed by atoms with Crippen LogP contribution in [0.5, 0.6) is 0 Å². The number of fused-ring (bicyclic) bond motifs is 1. The first-order chi connectivity index (χ1) is 10.3. The number of rotatable bonds is 4. The van der Waals surface area contributed by atoms with E-state index >= 15 is 0 Å². The highest BCUT2D eigenvalue weighted by molar-refractivity contribution is 5.93. The van der Waals surface area contributed by atoms with Crippen LogP contribution in [0.4, 0.5) is 0 Å². The van der Waals surface area contributed by atoms with Crippen LogP contribution in [0.3, 0.4) is 0 Å². The molecule has 1 N–H and O–H groups in total. The Morgan fingerprint density at radius 2 is 2.05 bits per heavy atom. The SMILES string of the molecule is CCc1ncc(C(=O)NCc2cnn3cccnc23)cn1. The molecular weight excluding hydrogens is 268 g/mol. The first-order valence-electron chi connectivity index (χ1n) is 6.64. The Morgan fingerprint density at radius 1 is 1.24 bits per heavy atom. The lowest BCUT2D eigenvalue weighted by molar-refractivity contribution is 0.0950. The molecule has 7 heteroatoms. The van der Waals surface area contributed by atoms with Gasteiger partial charge < -0.3 is 5.32 Å². The van der Waals surface area contributed by atoms with Gasteiger partial charge in [0.2, 0.25) is 0 Å². The predicted molar refractivity (Wildman–Crippen MR) is 75.6 cm³/mol. The minimum absolute atomic E-state index is 0.215. The Labute approximate surface area is 121 Å². The van der Waals surface area contributed by atoms with Gasteiger partial charge in [0.1, 0.15) is 5.82 Å². The van der Waals surface area contributed by atoms with E-state index in [1.165, 1.54) is 12.4 Å². The minimum atomic E-state index is -0.215. The van der Waals surface area contributed by atoms with Gasteiger partial charge in [-0.1, -0.05) is 6.92 Å². The highest BCUT2D eigenvalue weighted by Crippen LogP contribution is 2.06. The van der Waals surface area contributed by atoms with Crippen LogP contribution in [0, 0.1) is 0 Å². The number of hydrogen-bond acceptors (Lipinski definition) is 5. The van der Waals surface area contributed by atoms with Crippen LogP contribution in [-0.2, 0) is 13.0 Å². The summed E-state index contributed by atoms with van der Waals surface area (Å²) < 4.78 is 1.67. The van der Waals surface area contributed by atoms with Gasteiger partial charge in [0.05, 0.1) is 11.8 Å². The molecule has 0 saturated carbocycles. The molecule has 0 unspecified atom stereocenters. The molecule has 0 aliphatic rings. The van der Waals surface area contributed by atoms with Crippen molar-refractivity contribution in [3.63, 3.8) is 0 Å². The van der Waals surface area contributed by atoms with Crippen molar-refractivity contribution >= 4 is 11.6 Å². The quantitative estimate of drug-likeness (QED) is 0.772. The monoisotopic (exact) mass is 282 g/mol. The van der Waals surface area contributed by atoms with E-state index in [1.54, 1.807) is 23.0 Å². The number of amides is 1. The molecule has 0 bridgehead atoms. The van der Waals surface area contributed by atoms with Crippen LogP contribution in [0.1, 0.15) is 28.7 Å². The molecule has 7 nitrogen and oxygen atoms in total. The molecule has 3 rings (SSSR count).